The van der Waals surface area contributed by atoms with Gasteiger partial charge in [0.1, 0.15) is 0 Å². The number of nitrogens with zero attached hydrogens (tertiary/aromatic N) is 3. The zero-order valence-corrected chi connectivity index (χ0v) is 22.7. The van der Waals surface area contributed by atoms with Gasteiger partial charge >= 0.3 is 0 Å². The lowest BCUT2D eigenvalue weighted by Crippen LogP contribution is -2.34. The molecule has 0 saturated heterocycles. The monoisotopic (exact) mass is 533 g/mol. The van der Waals surface area contributed by atoms with Crippen LogP contribution in [0.5, 0.6) is 0 Å². The zero-order chi connectivity index (χ0) is 25.7. The van der Waals surface area contributed by atoms with Crippen LogP contribution in [-0.2, 0) is 11.3 Å². The van der Waals surface area contributed by atoms with Crippen LogP contribution in [0.4, 0.5) is 5.69 Å². The Labute approximate surface area is 220 Å². The van der Waals surface area contributed by atoms with Gasteiger partial charge in [-0.05, 0) is 68.1 Å². The van der Waals surface area contributed by atoms with Gasteiger partial charge in [-0.15, -0.1) is 10.2 Å². The predicted octanol–water partition coefficient (Wildman–Crippen LogP) is 6.08. The highest BCUT2D eigenvalue weighted by Gasteiger charge is 2.27. The number of amides is 2. The Bertz CT molecular complexity index is 1210. The Morgan fingerprint density at radius 2 is 1.74 bits per heavy atom. The average molecular weight is 535 g/mol. The Morgan fingerprint density at radius 3 is 2.34 bits per heavy atom. The topological polar surface area (TPSA) is 88.9 Å². The maximum absolute atomic E-state index is 13.0. The van der Waals surface area contributed by atoms with Crippen LogP contribution in [0.25, 0.3) is 0 Å². The van der Waals surface area contributed by atoms with Crippen molar-refractivity contribution in [3.05, 3.63) is 69.0 Å². The molecule has 7 nitrogen and oxygen atoms in total. The molecule has 1 aromatic heterocycles. The number of benzene rings is 2. The van der Waals surface area contributed by atoms with Gasteiger partial charge in [0.15, 0.2) is 11.0 Å². The molecule has 0 aliphatic heterocycles. The summed E-state index contributed by atoms with van der Waals surface area (Å²) >= 11 is 13.5. The van der Waals surface area contributed by atoms with E-state index in [4.69, 9.17) is 23.2 Å². The molecule has 0 spiro atoms. The third-order valence-electron chi connectivity index (χ3n) is 5.31. The lowest BCUT2D eigenvalue weighted by atomic mass is 10.0. The van der Waals surface area contributed by atoms with Crippen molar-refractivity contribution in [2.75, 3.05) is 11.1 Å². The lowest BCUT2D eigenvalue weighted by molar-refractivity contribution is -0.113. The van der Waals surface area contributed by atoms with Crippen molar-refractivity contribution < 1.29 is 9.59 Å². The first-order chi connectivity index (χ1) is 16.6. The quantitative estimate of drug-likeness (QED) is 0.325. The molecule has 3 rings (SSSR count). The Kier molecular flexibility index (Phi) is 9.21. The molecule has 0 aliphatic rings. The molecule has 10 heteroatoms. The third-order valence-corrected chi connectivity index (χ3v) is 6.82. The van der Waals surface area contributed by atoms with Gasteiger partial charge in [-0.25, -0.2) is 0 Å². The van der Waals surface area contributed by atoms with Crippen molar-refractivity contribution in [3.63, 3.8) is 0 Å². The summed E-state index contributed by atoms with van der Waals surface area (Å²) in [5.41, 5.74) is 3.28. The van der Waals surface area contributed by atoms with Gasteiger partial charge in [0, 0.05) is 17.3 Å². The number of thioether (sulfide) groups is 1. The summed E-state index contributed by atoms with van der Waals surface area (Å²) in [7, 11) is 0. The average Bonchev–Trinajstić information content (AvgIpc) is 3.17. The van der Waals surface area contributed by atoms with E-state index in [-0.39, 0.29) is 28.5 Å². The van der Waals surface area contributed by atoms with Crippen LogP contribution >= 0.6 is 35.0 Å². The molecule has 0 fully saturated rings. The number of nitrogens with one attached hydrogen (secondary N) is 2. The predicted molar refractivity (Wildman–Crippen MR) is 142 cm³/mol. The van der Waals surface area contributed by atoms with Crippen molar-refractivity contribution in [3.8, 4) is 0 Å². The van der Waals surface area contributed by atoms with E-state index in [0.29, 0.717) is 28.1 Å². The van der Waals surface area contributed by atoms with E-state index in [0.717, 1.165) is 16.8 Å². The minimum Gasteiger partial charge on any atom is -0.342 e. The summed E-state index contributed by atoms with van der Waals surface area (Å²) in [6.45, 7) is 10.5. The number of hydrogen-bond donors (Lipinski definition) is 2. The number of aromatic nitrogens is 3. The Morgan fingerprint density at radius 1 is 1.06 bits per heavy atom. The fourth-order valence-electron chi connectivity index (χ4n) is 3.73. The molecular formula is C25H29Cl2N5O2S. The number of hydrogen-bond acceptors (Lipinski definition) is 5. The summed E-state index contributed by atoms with van der Waals surface area (Å²) in [4.78, 5) is 25.5. The van der Waals surface area contributed by atoms with Gasteiger partial charge in [0.25, 0.3) is 5.91 Å². The van der Waals surface area contributed by atoms with Crippen LogP contribution < -0.4 is 10.6 Å². The van der Waals surface area contributed by atoms with Crippen LogP contribution in [0.3, 0.4) is 0 Å². The number of rotatable bonds is 9. The van der Waals surface area contributed by atoms with Crippen molar-refractivity contribution in [1.29, 1.82) is 0 Å². The lowest BCUT2D eigenvalue weighted by Gasteiger charge is -2.22. The maximum Gasteiger partial charge on any atom is 0.253 e. The van der Waals surface area contributed by atoms with Crippen molar-refractivity contribution >= 4 is 52.5 Å². The van der Waals surface area contributed by atoms with E-state index in [9.17, 15) is 9.59 Å². The zero-order valence-electron chi connectivity index (χ0n) is 20.4. The third kappa shape index (κ3) is 6.99. The molecule has 1 atom stereocenters. The minimum atomic E-state index is -0.403. The molecule has 35 heavy (non-hydrogen) atoms. The van der Waals surface area contributed by atoms with Gasteiger partial charge in [-0.3, -0.25) is 9.59 Å². The normalized spacial score (nSPS) is 12.0. The SMILES string of the molecule is CCn1c(SCC(=O)Nc2cc(C)cc(C)c2)nnc1[C@H](NC(=O)c1ccc(Cl)cc1Cl)C(C)C. The largest absolute Gasteiger partial charge is 0.342 e. The Hall–Kier alpha value is -2.55. The molecule has 186 valence electrons. The second-order valence-electron chi connectivity index (χ2n) is 8.62. The first kappa shape index (κ1) is 27.0. The first-order valence-electron chi connectivity index (χ1n) is 11.3. The molecule has 0 unspecified atom stereocenters. The number of halogens is 2. The van der Waals surface area contributed by atoms with Crippen molar-refractivity contribution in [1.82, 2.24) is 20.1 Å². The molecule has 2 amide bonds. The van der Waals surface area contributed by atoms with Gasteiger partial charge < -0.3 is 15.2 Å². The van der Waals surface area contributed by atoms with Crippen LogP contribution in [0.1, 0.15) is 54.1 Å². The fraction of sp³-hybridized carbons (Fsp3) is 0.360. The summed E-state index contributed by atoms with van der Waals surface area (Å²) in [5.74, 6) is 0.393. The molecule has 2 aromatic carbocycles. The molecule has 0 radical (unpaired) electrons. The van der Waals surface area contributed by atoms with E-state index in [2.05, 4.69) is 26.9 Å². The van der Waals surface area contributed by atoms with Gasteiger partial charge in [-0.2, -0.15) is 0 Å². The summed E-state index contributed by atoms with van der Waals surface area (Å²) in [6.07, 6.45) is 0. The van der Waals surface area contributed by atoms with Gasteiger partial charge in [0.2, 0.25) is 5.91 Å². The van der Waals surface area contributed by atoms with E-state index in [1.807, 2.05) is 51.3 Å². The Balaban J connectivity index is 1.73. The highest BCUT2D eigenvalue weighted by atomic mass is 35.5. The van der Waals surface area contributed by atoms with E-state index in [1.165, 1.54) is 17.8 Å². The highest BCUT2D eigenvalue weighted by Crippen LogP contribution is 2.27. The number of carbonyl (C=O) groups is 2. The second kappa shape index (κ2) is 11.9. The molecule has 3 aromatic rings. The van der Waals surface area contributed by atoms with Crippen LogP contribution in [0.15, 0.2) is 41.6 Å². The van der Waals surface area contributed by atoms with Crippen LogP contribution in [-0.4, -0.2) is 32.3 Å². The van der Waals surface area contributed by atoms with Crippen molar-refractivity contribution in [2.45, 2.75) is 52.4 Å². The number of anilines is 1. The molecule has 0 aliphatic carbocycles. The molecule has 0 saturated carbocycles. The smallest absolute Gasteiger partial charge is 0.253 e. The molecule has 2 N–H and O–H groups in total. The first-order valence-corrected chi connectivity index (χ1v) is 13.0. The fourth-order valence-corrected chi connectivity index (χ4v) is 5.03. The van der Waals surface area contributed by atoms with E-state index < -0.39 is 6.04 Å². The maximum atomic E-state index is 13.0. The summed E-state index contributed by atoms with van der Waals surface area (Å²) in [5, 5.41) is 16.0. The summed E-state index contributed by atoms with van der Waals surface area (Å²) in [6, 6.07) is 10.3. The molecular weight excluding hydrogens is 505 g/mol. The molecule has 1 heterocycles. The minimum absolute atomic E-state index is 0.0326. The van der Waals surface area contributed by atoms with Crippen LogP contribution in [0.2, 0.25) is 10.0 Å². The van der Waals surface area contributed by atoms with Crippen LogP contribution in [0, 0.1) is 19.8 Å². The van der Waals surface area contributed by atoms with Gasteiger partial charge in [0.05, 0.1) is 22.4 Å². The highest BCUT2D eigenvalue weighted by molar-refractivity contribution is 7.99. The van der Waals surface area contributed by atoms with Crippen molar-refractivity contribution in [2.24, 2.45) is 5.92 Å². The number of carbonyl (C=O) groups excluding carboxylic acids is 2. The van der Waals surface area contributed by atoms with Gasteiger partial charge in [-0.1, -0.05) is 54.9 Å². The van der Waals surface area contributed by atoms with E-state index in [1.54, 1.807) is 12.1 Å². The number of aryl methyl sites for hydroxylation is 2. The molecule has 0 bridgehead atoms. The standard InChI is InChI=1S/C25H29Cl2N5O2S/c1-6-32-23(22(14(2)3)29-24(34)19-8-7-17(26)12-20(19)27)30-31-25(32)35-13-21(33)28-18-10-15(4)9-16(5)11-18/h7-12,14,22H,6,13H2,1-5H3,(H,28,33)(H,29,34)/t22-/m1/s1. The second-order valence-corrected chi connectivity index (χ2v) is 10.4. The van der Waals surface area contributed by atoms with E-state index >= 15 is 0 Å². The summed E-state index contributed by atoms with van der Waals surface area (Å²) < 4.78 is 1.92.